The number of rotatable bonds is 9. The van der Waals surface area contributed by atoms with Crippen LogP contribution in [-0.2, 0) is 28.7 Å². The van der Waals surface area contributed by atoms with Crippen LogP contribution in [-0.4, -0.2) is 69.4 Å². The molecule has 1 unspecified atom stereocenters. The molecule has 5 N–H and O–H groups in total. The van der Waals surface area contributed by atoms with Gasteiger partial charge in [-0.25, -0.2) is 33.0 Å². The van der Waals surface area contributed by atoms with Gasteiger partial charge in [0.2, 0.25) is 20.9 Å². The fraction of sp³-hybridized carbons (Fsp3) is 0.200. The molecular formula is C35H33Cl2N9O6S. The second-order valence-corrected chi connectivity index (χ2v) is 14.7. The predicted octanol–water partition coefficient (Wildman–Crippen LogP) is 5.49. The lowest BCUT2D eigenvalue weighted by Gasteiger charge is -2.29. The number of urea groups is 2. The zero-order valence-corrected chi connectivity index (χ0v) is 30.3. The average molecular weight is 779 g/mol. The van der Waals surface area contributed by atoms with Crippen LogP contribution in [0.1, 0.15) is 23.6 Å². The Kier molecular flexibility index (Phi) is 11.4. The maximum Gasteiger partial charge on any atom is 0.327 e. The van der Waals surface area contributed by atoms with E-state index in [1.807, 2.05) is 6.07 Å². The molecule has 53 heavy (non-hydrogen) atoms. The predicted molar refractivity (Wildman–Crippen MR) is 201 cm³/mol. The lowest BCUT2D eigenvalue weighted by atomic mass is 10.2. The average Bonchev–Trinajstić information content (AvgIpc) is 3.15. The first-order valence-corrected chi connectivity index (χ1v) is 18.5. The van der Waals surface area contributed by atoms with Gasteiger partial charge in [-0.1, -0.05) is 77.8 Å². The minimum absolute atomic E-state index is 0.184. The SMILES string of the molecule is CC(Nc1ncc2c(n1)NC(=O)N(c1ccccc1Cl)C2)[C@@H](O)CO.O=C1Nc2nc(S(=O)(=O)Cc3ccccc3)ncc2CN1c1ccccc1Cl. The van der Waals surface area contributed by atoms with Gasteiger partial charge < -0.3 is 15.5 Å². The summed E-state index contributed by atoms with van der Waals surface area (Å²) < 4.78 is 25.3. The van der Waals surface area contributed by atoms with Gasteiger partial charge in [0.05, 0.1) is 59.0 Å². The van der Waals surface area contributed by atoms with E-state index in [9.17, 15) is 23.1 Å². The summed E-state index contributed by atoms with van der Waals surface area (Å²) in [6.45, 7) is 1.80. The topological polar surface area (TPSA) is 203 Å². The molecule has 274 valence electrons. The molecule has 2 atom stereocenters. The third-order valence-corrected chi connectivity index (χ3v) is 10.3. The van der Waals surface area contributed by atoms with E-state index in [1.54, 1.807) is 85.9 Å². The van der Waals surface area contributed by atoms with Crippen LogP contribution >= 0.6 is 23.2 Å². The highest BCUT2D eigenvalue weighted by Gasteiger charge is 2.30. The second kappa shape index (κ2) is 16.1. The fourth-order valence-electron chi connectivity index (χ4n) is 5.33. The summed E-state index contributed by atoms with van der Waals surface area (Å²) in [5.74, 6) is 0.628. The van der Waals surface area contributed by atoms with Crippen molar-refractivity contribution in [3.05, 3.63) is 118 Å². The van der Waals surface area contributed by atoms with Crippen molar-refractivity contribution in [1.29, 1.82) is 0 Å². The third-order valence-electron chi connectivity index (χ3n) is 8.19. The molecule has 2 aliphatic heterocycles. The van der Waals surface area contributed by atoms with E-state index >= 15 is 0 Å². The van der Waals surface area contributed by atoms with Crippen molar-refractivity contribution in [2.24, 2.45) is 0 Å². The number of halogens is 2. The second-order valence-electron chi connectivity index (χ2n) is 12.0. The Morgan fingerprint density at radius 3 is 1.85 bits per heavy atom. The van der Waals surface area contributed by atoms with Gasteiger partial charge in [-0.3, -0.25) is 20.4 Å². The molecular weight excluding hydrogens is 745 g/mol. The zero-order valence-electron chi connectivity index (χ0n) is 28.0. The van der Waals surface area contributed by atoms with E-state index in [2.05, 4.69) is 35.9 Å². The molecule has 4 heterocycles. The van der Waals surface area contributed by atoms with Gasteiger partial charge in [0.25, 0.3) is 0 Å². The first kappa shape index (κ1) is 37.4. The number of sulfone groups is 1. The highest BCUT2D eigenvalue weighted by atomic mass is 35.5. The van der Waals surface area contributed by atoms with Crippen molar-refractivity contribution in [2.75, 3.05) is 32.4 Å². The Hall–Kier alpha value is -5.39. The van der Waals surface area contributed by atoms with Crippen LogP contribution < -0.4 is 25.8 Å². The number of aliphatic hydroxyl groups is 2. The first-order chi connectivity index (χ1) is 25.4. The fourth-order valence-corrected chi connectivity index (χ4v) is 7.01. The van der Waals surface area contributed by atoms with Crippen LogP contribution in [0.5, 0.6) is 0 Å². The number of hydrogen-bond acceptors (Lipinski definition) is 11. The quantitative estimate of drug-likeness (QED) is 0.118. The van der Waals surface area contributed by atoms with Gasteiger partial charge >= 0.3 is 12.1 Å². The van der Waals surface area contributed by atoms with E-state index in [0.717, 1.165) is 5.56 Å². The number of aliphatic hydroxyl groups excluding tert-OH is 2. The van der Waals surface area contributed by atoms with Crippen LogP contribution in [0, 0.1) is 0 Å². The Balaban J connectivity index is 0.000000183. The summed E-state index contributed by atoms with van der Waals surface area (Å²) in [7, 11) is -3.74. The van der Waals surface area contributed by atoms with Gasteiger partial charge in [-0.2, -0.15) is 4.98 Å². The van der Waals surface area contributed by atoms with Crippen LogP contribution in [0.2, 0.25) is 10.0 Å². The van der Waals surface area contributed by atoms with E-state index in [4.69, 9.17) is 28.3 Å². The molecule has 0 aliphatic carbocycles. The zero-order chi connectivity index (χ0) is 37.7. The number of nitrogens with zero attached hydrogens (tertiary/aromatic N) is 6. The normalized spacial score (nSPS) is 14.8. The smallest absolute Gasteiger partial charge is 0.327 e. The minimum atomic E-state index is -3.74. The summed E-state index contributed by atoms with van der Waals surface area (Å²) in [5, 5.41) is 27.4. The molecule has 0 radical (unpaired) electrons. The molecule has 5 aromatic rings. The maximum atomic E-state index is 12.6. The lowest BCUT2D eigenvalue weighted by molar-refractivity contribution is 0.0837. The molecule has 2 aromatic heterocycles. The van der Waals surface area contributed by atoms with E-state index < -0.39 is 28.0 Å². The molecule has 0 bridgehead atoms. The Labute approximate surface area is 314 Å². The van der Waals surface area contributed by atoms with E-state index in [1.165, 1.54) is 16.0 Å². The van der Waals surface area contributed by atoms with Gasteiger partial charge in [0.15, 0.2) is 0 Å². The number of nitrogens with one attached hydrogen (secondary N) is 3. The maximum absolute atomic E-state index is 12.6. The highest BCUT2D eigenvalue weighted by molar-refractivity contribution is 7.90. The van der Waals surface area contributed by atoms with Crippen molar-refractivity contribution < 1.29 is 28.2 Å². The van der Waals surface area contributed by atoms with Crippen molar-refractivity contribution >= 4 is 74.1 Å². The summed E-state index contributed by atoms with van der Waals surface area (Å²) >= 11 is 12.3. The van der Waals surface area contributed by atoms with Gasteiger partial charge in [0, 0.05) is 23.5 Å². The summed E-state index contributed by atoms with van der Waals surface area (Å²) in [6, 6.07) is 21.6. The number of benzene rings is 3. The molecule has 3 aromatic carbocycles. The van der Waals surface area contributed by atoms with Crippen molar-refractivity contribution in [1.82, 2.24) is 19.9 Å². The lowest BCUT2D eigenvalue weighted by Crippen LogP contribution is -2.40. The van der Waals surface area contributed by atoms with Crippen molar-refractivity contribution in [3.8, 4) is 0 Å². The molecule has 0 saturated heterocycles. The van der Waals surface area contributed by atoms with Crippen molar-refractivity contribution in [2.45, 2.75) is 43.1 Å². The monoisotopic (exact) mass is 777 g/mol. The number of amides is 4. The third kappa shape index (κ3) is 8.64. The summed E-state index contributed by atoms with van der Waals surface area (Å²) in [5.41, 5.74) is 3.12. The number of hydrogen-bond donors (Lipinski definition) is 5. The molecule has 0 fully saturated rings. The molecule has 15 nitrogen and oxygen atoms in total. The van der Waals surface area contributed by atoms with E-state index in [-0.39, 0.29) is 41.9 Å². The molecule has 2 aliphatic rings. The molecule has 7 rings (SSSR count). The Bertz CT molecular complexity index is 2250. The highest BCUT2D eigenvalue weighted by Crippen LogP contribution is 2.33. The minimum Gasteiger partial charge on any atom is -0.394 e. The van der Waals surface area contributed by atoms with Crippen LogP contribution in [0.4, 0.5) is 38.5 Å². The van der Waals surface area contributed by atoms with Crippen LogP contribution in [0.15, 0.2) is 96.4 Å². The van der Waals surface area contributed by atoms with Gasteiger partial charge in [0.1, 0.15) is 11.6 Å². The Morgan fingerprint density at radius 2 is 1.30 bits per heavy atom. The van der Waals surface area contributed by atoms with Gasteiger partial charge in [-0.15, -0.1) is 0 Å². The molecule has 0 saturated carbocycles. The molecule has 0 spiro atoms. The summed E-state index contributed by atoms with van der Waals surface area (Å²) in [6.07, 6.45) is 2.08. The van der Waals surface area contributed by atoms with Crippen LogP contribution in [0.3, 0.4) is 0 Å². The van der Waals surface area contributed by atoms with Crippen molar-refractivity contribution in [3.63, 3.8) is 0 Å². The standard InChI is InChI=1S/C19H15ClN4O3S.C16H18ClN5O3/c20-15-8-4-5-9-16(15)24-11-14-10-21-18(22-17(14)23-19(24)25)28(26,27)12-13-6-2-1-3-7-13;1-9(13(24)8-23)19-15-18-6-10-7-22(16(25)21-14(10)20-15)12-5-3-2-4-11(12)17/h1-10H,11-12H2,(H,21,22,23,25);2-6,9,13,23-24H,7-8H2,1H3,(H2,18,19,20,21,25)/t;9?,13-/m.0/s1. The number of para-hydroxylation sites is 2. The number of aromatic nitrogens is 4. The first-order valence-electron chi connectivity index (χ1n) is 16.1. The number of anilines is 5. The number of fused-ring (bicyclic) bond motifs is 2. The molecule has 18 heteroatoms. The Morgan fingerprint density at radius 1 is 0.792 bits per heavy atom. The number of carbonyl (C=O) groups excluding carboxylic acids is 2. The van der Waals surface area contributed by atoms with E-state index in [0.29, 0.717) is 44.9 Å². The van der Waals surface area contributed by atoms with Gasteiger partial charge in [-0.05, 0) is 36.8 Å². The van der Waals surface area contributed by atoms with Crippen LogP contribution in [0.25, 0.3) is 0 Å². The molecule has 4 amide bonds. The largest absolute Gasteiger partial charge is 0.394 e. The number of carbonyl (C=O) groups is 2. The summed E-state index contributed by atoms with van der Waals surface area (Å²) in [4.78, 5) is 44.5.